The van der Waals surface area contributed by atoms with E-state index in [9.17, 15) is 4.79 Å². The summed E-state index contributed by atoms with van der Waals surface area (Å²) >= 11 is 0. The van der Waals surface area contributed by atoms with Gasteiger partial charge in [0.2, 0.25) is 5.91 Å². The fourth-order valence-corrected chi connectivity index (χ4v) is 2.18. The van der Waals surface area contributed by atoms with Crippen LogP contribution in [0.3, 0.4) is 0 Å². The van der Waals surface area contributed by atoms with E-state index in [2.05, 4.69) is 53.0 Å². The highest BCUT2D eigenvalue weighted by atomic mass is 16.1. The maximum Gasteiger partial charge on any atom is 0.221 e. The van der Waals surface area contributed by atoms with Gasteiger partial charge in [-0.3, -0.25) is 4.79 Å². The predicted octanol–water partition coefficient (Wildman–Crippen LogP) is 2.27. The lowest BCUT2D eigenvalue weighted by molar-refractivity contribution is -0.120. The number of nitrogens with one attached hydrogen (secondary N) is 3. The van der Waals surface area contributed by atoms with E-state index < -0.39 is 0 Å². The number of rotatable bonds is 8. The Balaban J connectivity index is 2.51. The molecule has 0 aliphatic rings. The summed E-state index contributed by atoms with van der Waals surface area (Å²) in [5, 5.41) is 9.28. The molecule has 1 amide bonds. The third kappa shape index (κ3) is 7.68. The van der Waals surface area contributed by atoms with Crippen LogP contribution < -0.4 is 16.0 Å². The minimum atomic E-state index is 0.0737. The molecule has 1 aromatic rings. The Morgan fingerprint density at radius 3 is 2.52 bits per heavy atom. The summed E-state index contributed by atoms with van der Waals surface area (Å²) in [6.45, 7) is 11.0. The third-order valence-electron chi connectivity index (χ3n) is 3.47. The quantitative estimate of drug-likeness (QED) is 0.509. The summed E-state index contributed by atoms with van der Waals surface area (Å²) in [6.07, 6.45) is 1.41. The summed E-state index contributed by atoms with van der Waals surface area (Å²) in [5.74, 6) is 0.820. The number of aliphatic imine (C=N–C) groups is 1. The second-order valence-electron chi connectivity index (χ2n) is 5.65. The van der Waals surface area contributed by atoms with Crippen molar-refractivity contribution in [2.45, 2.75) is 47.1 Å². The van der Waals surface area contributed by atoms with E-state index in [0.717, 1.165) is 25.5 Å². The molecule has 128 valence electrons. The van der Waals surface area contributed by atoms with Crippen LogP contribution in [-0.4, -0.2) is 31.5 Å². The molecule has 0 radical (unpaired) electrons. The van der Waals surface area contributed by atoms with E-state index in [1.165, 1.54) is 16.7 Å². The van der Waals surface area contributed by atoms with Crippen molar-refractivity contribution in [3.8, 4) is 0 Å². The molecule has 5 nitrogen and oxygen atoms in total. The highest BCUT2D eigenvalue weighted by Gasteiger charge is 2.03. The molecule has 0 saturated heterocycles. The lowest BCUT2D eigenvalue weighted by atomic mass is 10.1. The van der Waals surface area contributed by atoms with Crippen LogP contribution >= 0.6 is 0 Å². The molecule has 0 aliphatic carbocycles. The van der Waals surface area contributed by atoms with Gasteiger partial charge in [0.05, 0.1) is 6.54 Å². The van der Waals surface area contributed by atoms with Gasteiger partial charge < -0.3 is 16.0 Å². The lowest BCUT2D eigenvalue weighted by Gasteiger charge is -2.12. The van der Waals surface area contributed by atoms with Crippen molar-refractivity contribution < 1.29 is 4.79 Å². The van der Waals surface area contributed by atoms with Crippen LogP contribution in [0.2, 0.25) is 0 Å². The number of nitrogens with zero attached hydrogens (tertiary/aromatic N) is 1. The van der Waals surface area contributed by atoms with Crippen molar-refractivity contribution in [3.05, 3.63) is 34.9 Å². The van der Waals surface area contributed by atoms with Gasteiger partial charge in [-0.2, -0.15) is 0 Å². The van der Waals surface area contributed by atoms with Gasteiger partial charge in [0.25, 0.3) is 0 Å². The number of hydrogen-bond donors (Lipinski definition) is 3. The van der Waals surface area contributed by atoms with Crippen molar-refractivity contribution in [1.82, 2.24) is 16.0 Å². The Bertz CT molecular complexity index is 526. The predicted molar refractivity (Wildman–Crippen MR) is 96.7 cm³/mol. The van der Waals surface area contributed by atoms with E-state index in [-0.39, 0.29) is 5.91 Å². The zero-order valence-electron chi connectivity index (χ0n) is 14.8. The van der Waals surface area contributed by atoms with Crippen molar-refractivity contribution in [2.24, 2.45) is 4.99 Å². The van der Waals surface area contributed by atoms with E-state index in [4.69, 9.17) is 0 Å². The first-order chi connectivity index (χ1) is 11.1. The molecular weight excluding hydrogens is 288 g/mol. The van der Waals surface area contributed by atoms with Crippen molar-refractivity contribution in [1.29, 1.82) is 0 Å². The summed E-state index contributed by atoms with van der Waals surface area (Å²) in [6, 6.07) is 6.40. The van der Waals surface area contributed by atoms with Crippen LogP contribution in [-0.2, 0) is 11.3 Å². The standard InChI is InChI=1S/C18H30N4O/c1-5-10-20-17(23)9-11-21-18(19-6-2)22-13-16-8-7-14(3)12-15(16)4/h7-8,12H,5-6,9-11,13H2,1-4H3,(H,20,23)(H2,19,21,22). The van der Waals surface area contributed by atoms with Gasteiger partial charge in [0.15, 0.2) is 5.96 Å². The van der Waals surface area contributed by atoms with Crippen LogP contribution in [0.5, 0.6) is 0 Å². The van der Waals surface area contributed by atoms with Crippen LogP contribution in [0.15, 0.2) is 23.2 Å². The van der Waals surface area contributed by atoms with E-state index in [1.54, 1.807) is 0 Å². The molecule has 0 aromatic heterocycles. The van der Waals surface area contributed by atoms with Gasteiger partial charge in [-0.15, -0.1) is 0 Å². The minimum Gasteiger partial charge on any atom is -0.357 e. The molecule has 0 aliphatic heterocycles. The molecule has 0 heterocycles. The first-order valence-electron chi connectivity index (χ1n) is 8.41. The maximum absolute atomic E-state index is 11.6. The Hall–Kier alpha value is -2.04. The monoisotopic (exact) mass is 318 g/mol. The molecule has 3 N–H and O–H groups in total. The van der Waals surface area contributed by atoms with Gasteiger partial charge in [-0.25, -0.2) is 4.99 Å². The Morgan fingerprint density at radius 2 is 1.87 bits per heavy atom. The Morgan fingerprint density at radius 1 is 1.09 bits per heavy atom. The SMILES string of the molecule is CCCNC(=O)CCNC(=NCc1ccc(C)cc1C)NCC. The summed E-state index contributed by atoms with van der Waals surface area (Å²) in [7, 11) is 0. The lowest BCUT2D eigenvalue weighted by Crippen LogP contribution is -2.39. The number of benzene rings is 1. The highest BCUT2D eigenvalue weighted by molar-refractivity contribution is 5.81. The molecule has 0 unspecified atom stereocenters. The smallest absolute Gasteiger partial charge is 0.221 e. The largest absolute Gasteiger partial charge is 0.357 e. The number of hydrogen-bond acceptors (Lipinski definition) is 2. The van der Waals surface area contributed by atoms with E-state index in [1.807, 2.05) is 13.8 Å². The molecule has 1 rings (SSSR count). The maximum atomic E-state index is 11.6. The van der Waals surface area contributed by atoms with Crippen molar-refractivity contribution >= 4 is 11.9 Å². The summed E-state index contributed by atoms with van der Waals surface area (Å²) in [4.78, 5) is 16.2. The summed E-state index contributed by atoms with van der Waals surface area (Å²) < 4.78 is 0. The topological polar surface area (TPSA) is 65.5 Å². The molecule has 0 fully saturated rings. The number of carbonyl (C=O) groups is 1. The van der Waals surface area contributed by atoms with E-state index in [0.29, 0.717) is 19.5 Å². The second kappa shape index (κ2) is 10.6. The fraction of sp³-hybridized carbons (Fsp3) is 0.556. The van der Waals surface area contributed by atoms with Crippen LogP contribution in [0.1, 0.15) is 43.4 Å². The molecule has 23 heavy (non-hydrogen) atoms. The van der Waals surface area contributed by atoms with Gasteiger partial charge in [-0.05, 0) is 38.3 Å². The van der Waals surface area contributed by atoms with Crippen LogP contribution in [0.4, 0.5) is 0 Å². The van der Waals surface area contributed by atoms with Gasteiger partial charge in [0.1, 0.15) is 0 Å². The number of carbonyl (C=O) groups excluding carboxylic acids is 1. The molecule has 1 aromatic carbocycles. The van der Waals surface area contributed by atoms with Crippen LogP contribution in [0, 0.1) is 13.8 Å². The minimum absolute atomic E-state index is 0.0737. The average Bonchev–Trinajstić information content (AvgIpc) is 2.52. The van der Waals surface area contributed by atoms with E-state index >= 15 is 0 Å². The Kier molecular flexibility index (Phi) is 8.80. The summed E-state index contributed by atoms with van der Waals surface area (Å²) in [5.41, 5.74) is 3.73. The molecule has 0 bridgehead atoms. The average molecular weight is 318 g/mol. The van der Waals surface area contributed by atoms with Crippen molar-refractivity contribution in [2.75, 3.05) is 19.6 Å². The first-order valence-corrected chi connectivity index (χ1v) is 8.41. The fourth-order valence-electron chi connectivity index (χ4n) is 2.18. The van der Waals surface area contributed by atoms with Crippen LogP contribution in [0.25, 0.3) is 0 Å². The van der Waals surface area contributed by atoms with Gasteiger partial charge in [0, 0.05) is 26.1 Å². The number of guanidine groups is 1. The van der Waals surface area contributed by atoms with Crippen molar-refractivity contribution in [3.63, 3.8) is 0 Å². The van der Waals surface area contributed by atoms with Gasteiger partial charge >= 0.3 is 0 Å². The molecule has 5 heteroatoms. The zero-order valence-corrected chi connectivity index (χ0v) is 14.8. The molecular formula is C18H30N4O. The Labute approximate surface area is 140 Å². The molecule has 0 spiro atoms. The second-order valence-corrected chi connectivity index (χ2v) is 5.65. The first kappa shape index (κ1) is 19.0. The zero-order chi connectivity index (χ0) is 17.1. The molecule has 0 atom stereocenters. The molecule has 0 saturated carbocycles. The number of amides is 1. The third-order valence-corrected chi connectivity index (χ3v) is 3.47. The normalized spacial score (nSPS) is 11.2. The highest BCUT2D eigenvalue weighted by Crippen LogP contribution is 2.11. The number of aryl methyl sites for hydroxylation is 2. The van der Waals surface area contributed by atoms with Gasteiger partial charge in [-0.1, -0.05) is 30.7 Å².